The summed E-state index contributed by atoms with van der Waals surface area (Å²) < 4.78 is 25.9. The van der Waals surface area contributed by atoms with Crippen LogP contribution < -0.4 is 26.9 Å². The quantitative estimate of drug-likeness (QED) is 0.0532. The summed E-state index contributed by atoms with van der Waals surface area (Å²) in [7, 11) is -2.31. The molecule has 2 aromatic heterocycles. The monoisotopic (exact) mass is 673 g/mol. The molecule has 43 heavy (non-hydrogen) atoms. The van der Waals surface area contributed by atoms with Crippen LogP contribution in [0, 0.1) is 0 Å². The topological polar surface area (TPSA) is 261 Å². The molecule has 4 heterocycles. The van der Waals surface area contributed by atoms with Gasteiger partial charge in [0.25, 0.3) is 11.8 Å². The van der Waals surface area contributed by atoms with Crippen molar-refractivity contribution in [3.05, 3.63) is 54.5 Å². The number of aliphatic carboxylic acids is 1. The predicted molar refractivity (Wildman–Crippen MR) is 157 cm³/mol. The van der Waals surface area contributed by atoms with E-state index in [0.29, 0.717) is 0 Å². The SMILES string of the molecule is CON=C(C(=O)NC1C(=O)N2C(C(=O)O)=C(C=CSc3n[nH]c(=O)c(=O)n3CCNS(C)(=O)=O)CSC12)c1csc(N)n1. The summed E-state index contributed by atoms with van der Waals surface area (Å²) in [4.78, 5) is 72.0. The van der Waals surface area contributed by atoms with Crippen molar-refractivity contribution in [3.63, 3.8) is 0 Å². The number of anilines is 1. The van der Waals surface area contributed by atoms with Crippen LogP contribution in [-0.2, 0) is 35.8 Å². The van der Waals surface area contributed by atoms with Gasteiger partial charge < -0.3 is 21.0 Å². The minimum Gasteiger partial charge on any atom is -0.477 e. The number of fused-ring (bicyclic) bond motifs is 1. The van der Waals surface area contributed by atoms with Crippen LogP contribution in [0.25, 0.3) is 0 Å². The molecule has 22 heteroatoms. The van der Waals surface area contributed by atoms with Crippen LogP contribution >= 0.6 is 34.9 Å². The smallest absolute Gasteiger partial charge is 0.352 e. The molecule has 1 fully saturated rings. The van der Waals surface area contributed by atoms with E-state index in [1.54, 1.807) is 0 Å². The predicted octanol–water partition coefficient (Wildman–Crippen LogP) is -2.09. The van der Waals surface area contributed by atoms with Crippen molar-refractivity contribution in [2.75, 3.05) is 31.4 Å². The van der Waals surface area contributed by atoms with Crippen molar-refractivity contribution >= 4 is 73.5 Å². The van der Waals surface area contributed by atoms with Crippen LogP contribution in [0.2, 0.25) is 0 Å². The van der Waals surface area contributed by atoms with Gasteiger partial charge in [-0.3, -0.25) is 28.6 Å². The number of H-pyrrole nitrogens is 1. The van der Waals surface area contributed by atoms with E-state index in [9.17, 15) is 37.5 Å². The van der Waals surface area contributed by atoms with E-state index in [-0.39, 0.29) is 51.8 Å². The molecule has 0 spiro atoms. The van der Waals surface area contributed by atoms with Crippen molar-refractivity contribution in [2.24, 2.45) is 5.16 Å². The van der Waals surface area contributed by atoms with E-state index >= 15 is 0 Å². The van der Waals surface area contributed by atoms with E-state index in [0.717, 1.165) is 38.8 Å². The van der Waals surface area contributed by atoms with Gasteiger partial charge in [-0.15, -0.1) is 28.2 Å². The first kappa shape index (κ1) is 31.9. The average Bonchev–Trinajstić information content (AvgIpc) is 3.37. The molecule has 0 saturated carbocycles. The first-order valence-electron chi connectivity index (χ1n) is 11.8. The van der Waals surface area contributed by atoms with Crippen molar-refractivity contribution in [1.82, 2.24) is 34.7 Å². The van der Waals surface area contributed by atoms with Crippen LogP contribution in [0.1, 0.15) is 5.69 Å². The number of amides is 2. The molecule has 2 aliphatic rings. The lowest BCUT2D eigenvalue weighted by Gasteiger charge is -2.49. The number of carboxylic acids is 1. The molecule has 230 valence electrons. The second-order valence-corrected chi connectivity index (χ2v) is 13.3. The van der Waals surface area contributed by atoms with E-state index in [4.69, 9.17) is 10.6 Å². The van der Waals surface area contributed by atoms with Gasteiger partial charge in [0, 0.05) is 24.2 Å². The van der Waals surface area contributed by atoms with Crippen molar-refractivity contribution in [1.29, 1.82) is 0 Å². The molecule has 1 saturated heterocycles. The highest BCUT2D eigenvalue weighted by molar-refractivity contribution is 8.02. The van der Waals surface area contributed by atoms with Gasteiger partial charge in [0.1, 0.15) is 29.9 Å². The first-order valence-corrected chi connectivity index (χ1v) is 16.5. The number of rotatable bonds is 12. The molecular weight excluding hydrogens is 651 g/mol. The number of nitrogen functional groups attached to an aromatic ring is 1. The maximum absolute atomic E-state index is 13.0. The molecule has 0 radical (unpaired) electrons. The Morgan fingerprint density at radius 3 is 2.74 bits per heavy atom. The van der Waals surface area contributed by atoms with Crippen LogP contribution in [0.15, 0.2) is 48.0 Å². The van der Waals surface area contributed by atoms with Gasteiger partial charge in [-0.1, -0.05) is 16.9 Å². The summed E-state index contributed by atoms with van der Waals surface area (Å²) in [5.41, 5.74) is 3.57. The summed E-state index contributed by atoms with van der Waals surface area (Å²) in [6.07, 6.45) is 2.36. The molecule has 0 aromatic carbocycles. The average molecular weight is 674 g/mol. The van der Waals surface area contributed by atoms with Gasteiger partial charge in [0.2, 0.25) is 10.0 Å². The molecule has 4 rings (SSSR count). The zero-order valence-corrected chi connectivity index (χ0v) is 25.4. The Hall–Kier alpha value is -3.99. The molecule has 0 bridgehead atoms. The number of hydrogen-bond acceptors (Lipinski definition) is 15. The first-order chi connectivity index (χ1) is 20.3. The van der Waals surface area contributed by atoms with Gasteiger partial charge in [-0.2, -0.15) is 0 Å². The number of thiazole rings is 1. The Morgan fingerprint density at radius 1 is 1.37 bits per heavy atom. The Labute approximate surface area is 254 Å². The normalized spacial score (nSPS) is 18.9. The number of allylic oxidation sites excluding steroid dienone is 1. The summed E-state index contributed by atoms with van der Waals surface area (Å²) in [6.45, 7) is -0.374. The lowest BCUT2D eigenvalue weighted by Crippen LogP contribution is -2.71. The second-order valence-electron chi connectivity index (χ2n) is 8.61. The largest absolute Gasteiger partial charge is 0.477 e. The fraction of sp³-hybridized carbons (Fsp3) is 0.333. The number of β-lactam (4-membered cyclic amide) rings is 1. The summed E-state index contributed by atoms with van der Waals surface area (Å²) in [5, 5.41) is 24.4. The number of aromatic amines is 1. The number of aromatic nitrogens is 4. The van der Waals surface area contributed by atoms with Crippen LogP contribution in [0.5, 0.6) is 0 Å². The van der Waals surface area contributed by atoms with E-state index in [1.807, 2.05) is 0 Å². The zero-order valence-electron chi connectivity index (χ0n) is 22.2. The van der Waals surface area contributed by atoms with E-state index in [1.165, 1.54) is 35.7 Å². The third kappa shape index (κ3) is 7.15. The van der Waals surface area contributed by atoms with Gasteiger partial charge in [0.05, 0.1) is 6.26 Å². The molecule has 6 N–H and O–H groups in total. The maximum Gasteiger partial charge on any atom is 0.352 e. The molecule has 2 unspecified atom stereocenters. The number of nitrogens with zero attached hydrogens (tertiary/aromatic N) is 5. The van der Waals surface area contributed by atoms with Gasteiger partial charge in [0.15, 0.2) is 16.0 Å². The Balaban J connectivity index is 1.50. The third-order valence-corrected chi connectivity index (χ3v) is 9.21. The molecule has 18 nitrogen and oxygen atoms in total. The number of nitrogens with two attached hydrogens (primary N) is 1. The fourth-order valence-corrected chi connectivity index (χ4v) is 6.98. The minimum atomic E-state index is -3.54. The maximum atomic E-state index is 13.0. The van der Waals surface area contributed by atoms with Gasteiger partial charge in [-0.05, 0) is 17.1 Å². The van der Waals surface area contributed by atoms with Gasteiger partial charge >= 0.3 is 17.1 Å². The van der Waals surface area contributed by atoms with E-state index in [2.05, 4.69) is 30.4 Å². The summed E-state index contributed by atoms with van der Waals surface area (Å²) in [5.74, 6) is -2.66. The summed E-state index contributed by atoms with van der Waals surface area (Å²) >= 11 is 3.15. The Bertz CT molecular complexity index is 1780. The number of carbonyl (C=O) groups is 3. The van der Waals surface area contributed by atoms with Crippen LogP contribution in [0.3, 0.4) is 0 Å². The molecule has 2 aromatic rings. The molecular formula is C21H23N9O9S4. The van der Waals surface area contributed by atoms with Gasteiger partial charge in [-0.25, -0.2) is 28.0 Å². The Morgan fingerprint density at radius 2 is 2.12 bits per heavy atom. The van der Waals surface area contributed by atoms with E-state index < -0.39 is 50.3 Å². The zero-order chi connectivity index (χ0) is 31.5. The number of sulfonamides is 1. The Kier molecular flexibility index (Phi) is 9.74. The highest BCUT2D eigenvalue weighted by Gasteiger charge is 2.54. The van der Waals surface area contributed by atoms with Crippen molar-refractivity contribution in [2.45, 2.75) is 23.1 Å². The molecule has 2 aliphatic heterocycles. The standard InChI is InChI=1S/C21H23N9O9S4/c1-39-28-11(10-8-42-20(22)24-10)14(31)25-12-16(33)30-13(19(35)36)9(7-41-18(12)30)3-6-40-21-27-26-15(32)17(34)29(21)5-4-23-43(2,37)38/h3,6,8,12,18,23H,4-5,7H2,1-2H3,(H2,22,24)(H,25,31)(H,26,32)(H,35,36). The number of oxime groups is 1. The van der Waals surface area contributed by atoms with Crippen molar-refractivity contribution in [3.8, 4) is 0 Å². The number of hydrogen-bond donors (Lipinski definition) is 5. The number of carbonyl (C=O) groups excluding carboxylic acids is 2. The highest BCUT2D eigenvalue weighted by Crippen LogP contribution is 2.41. The summed E-state index contributed by atoms with van der Waals surface area (Å²) in [6, 6.07) is -1.05. The van der Waals surface area contributed by atoms with Crippen LogP contribution in [0.4, 0.5) is 5.13 Å². The lowest BCUT2D eigenvalue weighted by atomic mass is 10.0. The lowest BCUT2D eigenvalue weighted by molar-refractivity contribution is -0.150. The number of nitrogens with one attached hydrogen (secondary N) is 3. The van der Waals surface area contributed by atoms with Crippen LogP contribution in [-0.4, -0.2) is 98.7 Å². The van der Waals surface area contributed by atoms with Crippen molar-refractivity contribution < 1.29 is 32.7 Å². The molecule has 2 atom stereocenters. The third-order valence-electron chi connectivity index (χ3n) is 5.71. The molecule has 0 aliphatic carbocycles. The second kappa shape index (κ2) is 13.1. The number of thioether (sulfide) groups is 2. The number of carboxylic acid groups (broad SMARTS) is 1. The fourth-order valence-electron chi connectivity index (χ4n) is 3.90. The highest BCUT2D eigenvalue weighted by atomic mass is 32.2. The molecule has 2 amide bonds. The minimum absolute atomic E-state index is 0.00756.